The lowest BCUT2D eigenvalue weighted by atomic mass is 10.1. The number of likely N-dealkylation sites (tertiary alicyclic amines) is 1. The van der Waals surface area contributed by atoms with Crippen molar-refractivity contribution < 1.29 is 0 Å². The van der Waals surface area contributed by atoms with Crippen LogP contribution in [-0.4, -0.2) is 37.6 Å². The molecule has 2 aliphatic heterocycles. The van der Waals surface area contributed by atoms with Gasteiger partial charge in [0.2, 0.25) is 0 Å². The summed E-state index contributed by atoms with van der Waals surface area (Å²) in [5, 5.41) is 0. The lowest BCUT2D eigenvalue weighted by Gasteiger charge is -2.21. The van der Waals surface area contributed by atoms with Gasteiger partial charge in [-0.05, 0) is 57.5 Å². The number of benzene rings is 1. The van der Waals surface area contributed by atoms with Gasteiger partial charge in [0.1, 0.15) is 0 Å². The third kappa shape index (κ3) is 2.32. The van der Waals surface area contributed by atoms with Crippen molar-refractivity contribution in [1.82, 2.24) is 4.90 Å². The van der Waals surface area contributed by atoms with Crippen LogP contribution in [0.4, 0.5) is 11.4 Å². The average Bonchev–Trinajstić information content (AvgIpc) is 3.00. The van der Waals surface area contributed by atoms with E-state index in [4.69, 9.17) is 5.73 Å². The molecule has 2 aliphatic rings. The summed E-state index contributed by atoms with van der Waals surface area (Å²) in [5.74, 6) is 0. The number of nitrogens with two attached hydrogens (primary N) is 1. The molecule has 0 aliphatic carbocycles. The van der Waals surface area contributed by atoms with E-state index in [0.717, 1.165) is 18.7 Å². The fourth-order valence-electron chi connectivity index (χ4n) is 3.25. The van der Waals surface area contributed by atoms with Gasteiger partial charge >= 0.3 is 0 Å². The fourth-order valence-corrected chi connectivity index (χ4v) is 3.25. The van der Waals surface area contributed by atoms with Crippen LogP contribution in [-0.2, 0) is 6.42 Å². The topological polar surface area (TPSA) is 32.5 Å². The Morgan fingerprint density at radius 1 is 1.06 bits per heavy atom. The summed E-state index contributed by atoms with van der Waals surface area (Å²) in [5.41, 5.74) is 9.73. The van der Waals surface area contributed by atoms with Gasteiger partial charge in [0.15, 0.2) is 0 Å². The van der Waals surface area contributed by atoms with E-state index in [9.17, 15) is 0 Å². The third-order valence-corrected chi connectivity index (χ3v) is 4.26. The molecule has 1 fully saturated rings. The molecule has 1 aromatic carbocycles. The zero-order valence-electron chi connectivity index (χ0n) is 11.1. The van der Waals surface area contributed by atoms with Crippen LogP contribution in [0.2, 0.25) is 0 Å². The summed E-state index contributed by atoms with van der Waals surface area (Å²) >= 11 is 0. The fraction of sp³-hybridized carbons (Fsp3) is 0.600. The summed E-state index contributed by atoms with van der Waals surface area (Å²) < 4.78 is 0. The summed E-state index contributed by atoms with van der Waals surface area (Å²) in [6.45, 7) is 6.19. The Morgan fingerprint density at radius 3 is 2.72 bits per heavy atom. The van der Waals surface area contributed by atoms with Gasteiger partial charge in [-0.15, -0.1) is 0 Å². The molecule has 0 atom stereocenters. The second-order valence-electron chi connectivity index (χ2n) is 5.48. The number of nitrogens with zero attached hydrogens (tertiary/aromatic N) is 2. The van der Waals surface area contributed by atoms with Crippen LogP contribution in [0.5, 0.6) is 0 Å². The van der Waals surface area contributed by atoms with E-state index < -0.39 is 0 Å². The summed E-state index contributed by atoms with van der Waals surface area (Å²) in [6.07, 6.45) is 5.17. The van der Waals surface area contributed by atoms with Crippen LogP contribution in [0.15, 0.2) is 18.2 Å². The molecule has 1 aromatic rings. The number of hydrogen-bond donors (Lipinski definition) is 1. The highest BCUT2D eigenvalue weighted by molar-refractivity contribution is 5.68. The smallest absolute Gasteiger partial charge is 0.0420 e. The van der Waals surface area contributed by atoms with Gasteiger partial charge in [0, 0.05) is 30.0 Å². The van der Waals surface area contributed by atoms with Gasteiger partial charge in [0.25, 0.3) is 0 Å². The molecule has 0 saturated carbocycles. The van der Waals surface area contributed by atoms with Crippen LogP contribution in [0.1, 0.15) is 24.8 Å². The molecular weight excluding hydrogens is 222 g/mol. The molecule has 0 amide bonds. The van der Waals surface area contributed by atoms with Gasteiger partial charge in [-0.25, -0.2) is 0 Å². The lowest BCUT2D eigenvalue weighted by molar-refractivity contribution is 0.335. The molecular formula is C15H23N3. The maximum Gasteiger partial charge on any atom is 0.0420 e. The van der Waals surface area contributed by atoms with Gasteiger partial charge in [-0.1, -0.05) is 6.07 Å². The Hall–Kier alpha value is -1.22. The third-order valence-electron chi connectivity index (χ3n) is 4.26. The zero-order valence-corrected chi connectivity index (χ0v) is 11.1. The minimum Gasteiger partial charge on any atom is -0.398 e. The Bertz CT molecular complexity index is 410. The van der Waals surface area contributed by atoms with Crippen molar-refractivity contribution >= 4 is 11.4 Å². The van der Waals surface area contributed by atoms with Crippen molar-refractivity contribution in [1.29, 1.82) is 0 Å². The van der Waals surface area contributed by atoms with E-state index in [1.807, 2.05) is 6.07 Å². The summed E-state index contributed by atoms with van der Waals surface area (Å²) in [6, 6.07) is 6.31. The minimum atomic E-state index is 0.967. The van der Waals surface area contributed by atoms with Gasteiger partial charge in [-0.3, -0.25) is 0 Å². The first-order valence-corrected chi connectivity index (χ1v) is 7.19. The molecule has 1 saturated heterocycles. The highest BCUT2D eigenvalue weighted by Gasteiger charge is 2.20. The Labute approximate surface area is 110 Å². The number of rotatable bonds is 4. The first-order chi connectivity index (χ1) is 8.84. The molecule has 3 heteroatoms. The molecule has 0 unspecified atom stereocenters. The van der Waals surface area contributed by atoms with Crippen LogP contribution >= 0.6 is 0 Å². The monoisotopic (exact) mass is 245 g/mol. The average molecular weight is 245 g/mol. The van der Waals surface area contributed by atoms with Crippen molar-refractivity contribution in [3.8, 4) is 0 Å². The van der Waals surface area contributed by atoms with Crippen molar-refractivity contribution in [2.45, 2.75) is 25.7 Å². The summed E-state index contributed by atoms with van der Waals surface area (Å²) in [7, 11) is 0. The highest BCUT2D eigenvalue weighted by atomic mass is 15.2. The normalized spacial score (nSPS) is 19.4. The molecule has 3 nitrogen and oxygen atoms in total. The second kappa shape index (κ2) is 5.19. The molecule has 18 heavy (non-hydrogen) atoms. The summed E-state index contributed by atoms with van der Waals surface area (Å²) in [4.78, 5) is 5.10. The molecule has 0 spiro atoms. The first-order valence-electron chi connectivity index (χ1n) is 7.19. The predicted octanol–water partition coefficient (Wildman–Crippen LogP) is 2.12. The Balaban J connectivity index is 1.54. The van der Waals surface area contributed by atoms with Crippen LogP contribution in [0, 0.1) is 0 Å². The van der Waals surface area contributed by atoms with Gasteiger partial charge in [0.05, 0.1) is 0 Å². The first kappa shape index (κ1) is 11.8. The van der Waals surface area contributed by atoms with Crippen molar-refractivity contribution in [2.24, 2.45) is 0 Å². The number of anilines is 2. The predicted molar refractivity (Wildman–Crippen MR) is 77.1 cm³/mol. The van der Waals surface area contributed by atoms with E-state index in [1.54, 1.807) is 0 Å². The maximum absolute atomic E-state index is 6.03. The van der Waals surface area contributed by atoms with Crippen molar-refractivity contribution in [3.05, 3.63) is 23.8 Å². The van der Waals surface area contributed by atoms with Crippen LogP contribution < -0.4 is 10.6 Å². The minimum absolute atomic E-state index is 0.967. The molecule has 0 radical (unpaired) electrons. The van der Waals surface area contributed by atoms with Crippen LogP contribution in [0.25, 0.3) is 0 Å². The lowest BCUT2D eigenvalue weighted by Crippen LogP contribution is -2.27. The highest BCUT2D eigenvalue weighted by Crippen LogP contribution is 2.31. The van der Waals surface area contributed by atoms with E-state index in [-0.39, 0.29) is 0 Å². The van der Waals surface area contributed by atoms with Crippen LogP contribution in [0.3, 0.4) is 0 Å². The van der Waals surface area contributed by atoms with E-state index in [2.05, 4.69) is 21.9 Å². The maximum atomic E-state index is 6.03. The Kier molecular flexibility index (Phi) is 3.41. The molecule has 3 rings (SSSR count). The zero-order chi connectivity index (χ0) is 12.4. The quantitative estimate of drug-likeness (QED) is 0.825. The molecule has 0 bridgehead atoms. The molecule has 98 valence electrons. The second-order valence-corrected chi connectivity index (χ2v) is 5.48. The standard InChI is InChI=1S/C15H23N3/c16-14-5-3-6-15-13(14)7-12-18(15)11-4-10-17-8-1-2-9-17/h3,5-6H,1-2,4,7-12,16H2. The Morgan fingerprint density at radius 2 is 1.89 bits per heavy atom. The van der Waals surface area contributed by atoms with Gasteiger partial charge < -0.3 is 15.5 Å². The van der Waals surface area contributed by atoms with E-state index in [0.29, 0.717) is 0 Å². The molecule has 0 aromatic heterocycles. The molecule has 2 N–H and O–H groups in total. The van der Waals surface area contributed by atoms with Gasteiger partial charge in [-0.2, -0.15) is 0 Å². The van der Waals surface area contributed by atoms with E-state index >= 15 is 0 Å². The number of hydrogen-bond acceptors (Lipinski definition) is 3. The van der Waals surface area contributed by atoms with Crippen molar-refractivity contribution in [3.63, 3.8) is 0 Å². The van der Waals surface area contributed by atoms with E-state index in [1.165, 1.54) is 56.7 Å². The number of nitrogen functional groups attached to an aromatic ring is 1. The molecule has 2 heterocycles. The SMILES string of the molecule is Nc1cccc2c1CCN2CCCN1CCCC1. The van der Waals surface area contributed by atoms with Crippen molar-refractivity contribution in [2.75, 3.05) is 43.4 Å². The number of fused-ring (bicyclic) bond motifs is 1. The largest absolute Gasteiger partial charge is 0.398 e.